The van der Waals surface area contributed by atoms with Gasteiger partial charge in [-0.1, -0.05) is 54.6 Å². The van der Waals surface area contributed by atoms with Crippen molar-refractivity contribution >= 4 is 11.9 Å². The summed E-state index contributed by atoms with van der Waals surface area (Å²) in [6, 6.07) is 26.1. The van der Waals surface area contributed by atoms with Crippen LogP contribution in [0.4, 0.5) is 5.95 Å². The molecule has 0 saturated carbocycles. The van der Waals surface area contributed by atoms with Crippen LogP contribution in [0.25, 0.3) is 22.5 Å². The molecule has 3 heterocycles. The van der Waals surface area contributed by atoms with E-state index < -0.39 is 10.8 Å². The SMILES string of the molecule is CC1(C(=O)Nc2n[nH]c(-c3cccc(-c4cccnc4)c3)n2)CC2(C#N)c3ccccc3C1c1cccnc12. The summed E-state index contributed by atoms with van der Waals surface area (Å²) < 4.78 is 0. The van der Waals surface area contributed by atoms with E-state index in [4.69, 9.17) is 0 Å². The van der Waals surface area contributed by atoms with Crippen molar-refractivity contribution in [1.82, 2.24) is 25.1 Å². The standard InChI is InChI=1S/C31H23N7O/c1-30(17-31(18-32)24-12-3-2-10-22(24)25(30)23-11-6-14-34-26(23)31)28(39)36-29-35-27(37-38-29)20-8-4-7-19(15-20)21-9-5-13-33-16-21/h2-16,25H,17H2,1H3,(H2,35,36,37,38,39). The number of hydrogen-bond donors (Lipinski definition) is 2. The number of carbonyl (C=O) groups excluding carboxylic acids is 1. The van der Waals surface area contributed by atoms with Crippen molar-refractivity contribution in [3.63, 3.8) is 0 Å². The van der Waals surface area contributed by atoms with Crippen molar-refractivity contribution in [2.24, 2.45) is 5.41 Å². The van der Waals surface area contributed by atoms with Gasteiger partial charge in [-0.05, 0) is 53.8 Å². The number of hydrogen-bond acceptors (Lipinski definition) is 6. The maximum atomic E-state index is 14.0. The molecule has 188 valence electrons. The second-order valence-corrected chi connectivity index (χ2v) is 10.4. The molecule has 8 nitrogen and oxygen atoms in total. The molecule has 3 aliphatic carbocycles. The minimum Gasteiger partial charge on any atom is -0.293 e. The smallest absolute Gasteiger partial charge is 0.249 e. The van der Waals surface area contributed by atoms with Crippen LogP contribution in [-0.4, -0.2) is 31.1 Å². The van der Waals surface area contributed by atoms with E-state index in [1.165, 1.54) is 0 Å². The largest absolute Gasteiger partial charge is 0.293 e. The van der Waals surface area contributed by atoms with Gasteiger partial charge >= 0.3 is 0 Å². The van der Waals surface area contributed by atoms with Crippen LogP contribution >= 0.6 is 0 Å². The number of anilines is 1. The Labute approximate surface area is 224 Å². The number of nitrogens with zero attached hydrogens (tertiary/aromatic N) is 5. The zero-order valence-corrected chi connectivity index (χ0v) is 21.1. The highest BCUT2D eigenvalue weighted by Gasteiger charge is 2.61. The molecule has 8 rings (SSSR count). The van der Waals surface area contributed by atoms with Crippen molar-refractivity contribution in [3.05, 3.63) is 114 Å². The molecule has 3 aromatic heterocycles. The highest BCUT2D eigenvalue weighted by atomic mass is 16.2. The summed E-state index contributed by atoms with van der Waals surface area (Å²) in [6.45, 7) is 1.93. The molecule has 2 aromatic carbocycles. The van der Waals surface area contributed by atoms with Crippen LogP contribution < -0.4 is 5.32 Å². The van der Waals surface area contributed by atoms with Gasteiger partial charge in [0.2, 0.25) is 11.9 Å². The highest BCUT2D eigenvalue weighted by molar-refractivity contribution is 5.96. The molecule has 39 heavy (non-hydrogen) atoms. The van der Waals surface area contributed by atoms with E-state index in [1.54, 1.807) is 12.4 Å². The third-order valence-corrected chi connectivity index (χ3v) is 8.11. The Bertz CT molecular complexity index is 1740. The molecule has 3 aliphatic rings. The fraction of sp³-hybridized carbons (Fsp3) is 0.161. The van der Waals surface area contributed by atoms with Crippen LogP contribution in [0.3, 0.4) is 0 Å². The van der Waals surface area contributed by atoms with E-state index in [0.29, 0.717) is 12.2 Å². The Morgan fingerprint density at radius 3 is 2.64 bits per heavy atom. The average molecular weight is 510 g/mol. The molecule has 0 spiro atoms. The average Bonchev–Trinajstić information content (AvgIpc) is 3.46. The third-order valence-electron chi connectivity index (χ3n) is 8.11. The summed E-state index contributed by atoms with van der Waals surface area (Å²) in [5.41, 5.74) is 4.50. The number of pyridine rings is 2. The Balaban J connectivity index is 1.23. The summed E-state index contributed by atoms with van der Waals surface area (Å²) in [5.74, 6) is 0.253. The van der Waals surface area contributed by atoms with Gasteiger partial charge in [0.25, 0.3) is 0 Å². The number of benzene rings is 2. The van der Waals surface area contributed by atoms with Crippen LogP contribution in [0.5, 0.6) is 0 Å². The first kappa shape index (κ1) is 23.0. The minimum atomic E-state index is -1.01. The van der Waals surface area contributed by atoms with E-state index in [0.717, 1.165) is 39.1 Å². The van der Waals surface area contributed by atoms with Gasteiger partial charge in [0, 0.05) is 35.6 Å². The number of fused-ring (bicyclic) bond motifs is 1. The van der Waals surface area contributed by atoms with Crippen molar-refractivity contribution in [2.45, 2.75) is 24.7 Å². The first-order valence-electron chi connectivity index (χ1n) is 12.7. The number of amides is 1. The minimum absolute atomic E-state index is 0.190. The lowest BCUT2D eigenvalue weighted by Crippen LogP contribution is -2.54. The quantitative estimate of drug-likeness (QED) is 0.342. The van der Waals surface area contributed by atoms with Gasteiger partial charge in [-0.25, -0.2) is 0 Å². The van der Waals surface area contributed by atoms with Crippen molar-refractivity contribution in [2.75, 3.05) is 5.32 Å². The molecule has 0 fully saturated rings. The molecule has 3 unspecified atom stereocenters. The number of rotatable bonds is 4. The number of nitriles is 1. The van der Waals surface area contributed by atoms with Gasteiger partial charge in [0.05, 0.1) is 17.2 Å². The molecular formula is C31H23N7O. The molecule has 0 saturated heterocycles. The van der Waals surface area contributed by atoms with E-state index in [9.17, 15) is 10.1 Å². The number of H-pyrrole nitrogens is 1. The fourth-order valence-electron chi connectivity index (χ4n) is 6.39. The molecule has 3 atom stereocenters. The Morgan fingerprint density at radius 2 is 1.79 bits per heavy atom. The van der Waals surface area contributed by atoms with Gasteiger partial charge in [-0.3, -0.25) is 25.2 Å². The van der Waals surface area contributed by atoms with Crippen molar-refractivity contribution in [3.8, 4) is 28.6 Å². The molecule has 5 aromatic rings. The first-order valence-corrected chi connectivity index (χ1v) is 12.7. The van der Waals surface area contributed by atoms with Crippen LogP contribution in [0.2, 0.25) is 0 Å². The van der Waals surface area contributed by atoms with E-state index in [-0.39, 0.29) is 17.8 Å². The van der Waals surface area contributed by atoms with Gasteiger partial charge in [-0.2, -0.15) is 10.2 Å². The number of nitrogens with one attached hydrogen (secondary N) is 2. The van der Waals surface area contributed by atoms with E-state index >= 15 is 0 Å². The molecular weight excluding hydrogens is 486 g/mol. The van der Waals surface area contributed by atoms with Gasteiger partial charge in [-0.15, -0.1) is 5.10 Å². The normalized spacial score (nSPS) is 22.4. The Hall–Kier alpha value is -5.16. The summed E-state index contributed by atoms with van der Waals surface area (Å²) in [6.07, 6.45) is 5.59. The third kappa shape index (κ3) is 3.33. The van der Waals surface area contributed by atoms with Gasteiger partial charge in [0.1, 0.15) is 5.41 Å². The predicted molar refractivity (Wildman–Crippen MR) is 145 cm³/mol. The van der Waals surface area contributed by atoms with Crippen LogP contribution in [-0.2, 0) is 10.2 Å². The number of aromatic nitrogens is 5. The maximum absolute atomic E-state index is 14.0. The summed E-state index contributed by atoms with van der Waals surface area (Å²) in [4.78, 5) is 27.4. The number of aromatic amines is 1. The van der Waals surface area contributed by atoms with Crippen LogP contribution in [0.1, 0.15) is 41.6 Å². The second-order valence-electron chi connectivity index (χ2n) is 10.4. The summed E-state index contributed by atoms with van der Waals surface area (Å²) in [5, 5.41) is 20.7. The lowest BCUT2D eigenvalue weighted by Gasteiger charge is -2.53. The van der Waals surface area contributed by atoms with Crippen LogP contribution in [0.15, 0.2) is 91.4 Å². The lowest BCUT2D eigenvalue weighted by atomic mass is 9.48. The predicted octanol–water partition coefficient (Wildman–Crippen LogP) is 5.23. The van der Waals surface area contributed by atoms with Gasteiger partial charge < -0.3 is 0 Å². The Morgan fingerprint density at radius 1 is 1.00 bits per heavy atom. The topological polar surface area (TPSA) is 120 Å². The zero-order chi connectivity index (χ0) is 26.6. The molecule has 2 bridgehead atoms. The molecule has 1 amide bonds. The molecule has 0 radical (unpaired) electrons. The van der Waals surface area contributed by atoms with Crippen molar-refractivity contribution in [1.29, 1.82) is 5.26 Å². The van der Waals surface area contributed by atoms with E-state index in [1.807, 2.05) is 85.9 Å². The zero-order valence-electron chi connectivity index (χ0n) is 21.1. The van der Waals surface area contributed by atoms with Crippen LogP contribution in [0, 0.1) is 16.7 Å². The molecule has 8 heteroatoms. The van der Waals surface area contributed by atoms with Gasteiger partial charge in [0.15, 0.2) is 5.82 Å². The molecule has 2 N–H and O–H groups in total. The summed E-state index contributed by atoms with van der Waals surface area (Å²) >= 11 is 0. The van der Waals surface area contributed by atoms with Crippen molar-refractivity contribution < 1.29 is 4.79 Å². The number of carbonyl (C=O) groups is 1. The first-order chi connectivity index (χ1) is 19.0. The molecule has 0 aliphatic heterocycles. The monoisotopic (exact) mass is 509 g/mol. The second kappa shape index (κ2) is 8.43. The Kier molecular flexibility index (Phi) is 4.97. The summed E-state index contributed by atoms with van der Waals surface area (Å²) in [7, 11) is 0. The maximum Gasteiger partial charge on any atom is 0.249 e. The lowest BCUT2D eigenvalue weighted by molar-refractivity contribution is -0.127. The van der Waals surface area contributed by atoms with E-state index in [2.05, 4.69) is 36.5 Å². The fourth-order valence-corrected chi connectivity index (χ4v) is 6.39. The highest BCUT2D eigenvalue weighted by Crippen LogP contribution is 2.63.